The lowest BCUT2D eigenvalue weighted by Gasteiger charge is -2.30. The highest BCUT2D eigenvalue weighted by Gasteiger charge is 2.25. The Balaban J connectivity index is 1.38. The zero-order valence-corrected chi connectivity index (χ0v) is 18.8. The lowest BCUT2D eigenvalue weighted by atomic mass is 9.91. The average molecular weight is 443 g/mol. The Morgan fingerprint density at radius 3 is 2.57 bits per heavy atom. The number of thiazole rings is 1. The smallest absolute Gasteiger partial charge is 0.211 e. The van der Waals surface area contributed by atoms with E-state index in [9.17, 15) is 8.42 Å². The number of piperidine rings is 1. The molecule has 158 valence electrons. The van der Waals surface area contributed by atoms with Crippen LogP contribution in [0.3, 0.4) is 0 Å². The van der Waals surface area contributed by atoms with Gasteiger partial charge in [-0.15, -0.1) is 0 Å². The van der Waals surface area contributed by atoms with Crippen molar-refractivity contribution in [2.45, 2.75) is 26.2 Å². The van der Waals surface area contributed by atoms with Crippen molar-refractivity contribution in [1.82, 2.24) is 14.3 Å². The number of nitrogens with one attached hydrogen (secondary N) is 1. The van der Waals surface area contributed by atoms with Gasteiger partial charge in [-0.25, -0.2) is 22.7 Å². The van der Waals surface area contributed by atoms with Crippen LogP contribution < -0.4 is 5.32 Å². The summed E-state index contributed by atoms with van der Waals surface area (Å²) in [7, 11) is -3.08. The molecular weight excluding hydrogens is 416 g/mol. The Hall–Kier alpha value is -2.29. The summed E-state index contributed by atoms with van der Waals surface area (Å²) in [6, 6.07) is 12.5. The Labute approximate surface area is 182 Å². The van der Waals surface area contributed by atoms with Crippen LogP contribution in [0.4, 0.5) is 10.9 Å². The minimum atomic E-state index is -3.08. The van der Waals surface area contributed by atoms with Crippen molar-refractivity contribution < 1.29 is 8.42 Å². The number of hydrogen-bond acceptors (Lipinski definition) is 6. The van der Waals surface area contributed by atoms with Crippen molar-refractivity contribution in [3.05, 3.63) is 59.9 Å². The van der Waals surface area contributed by atoms with Gasteiger partial charge in [-0.05, 0) is 55.4 Å². The molecule has 0 amide bonds. The predicted molar refractivity (Wildman–Crippen MR) is 123 cm³/mol. The van der Waals surface area contributed by atoms with Crippen molar-refractivity contribution in [2.75, 3.05) is 24.7 Å². The SMILES string of the molecule is Cc1ccc(-c2cnc(Nc3cc(CC4CCN(S(C)(=O)=O)CC4)ccn3)s2)cc1. The van der Waals surface area contributed by atoms with Crippen molar-refractivity contribution >= 4 is 32.3 Å². The third-order valence-electron chi connectivity index (χ3n) is 5.47. The van der Waals surface area contributed by atoms with Gasteiger partial charge in [0.2, 0.25) is 10.0 Å². The summed E-state index contributed by atoms with van der Waals surface area (Å²) in [5.74, 6) is 1.28. The third-order valence-corrected chi connectivity index (χ3v) is 7.73. The molecule has 6 nitrogen and oxygen atoms in total. The summed E-state index contributed by atoms with van der Waals surface area (Å²) in [4.78, 5) is 10.0. The molecule has 1 aliphatic heterocycles. The van der Waals surface area contributed by atoms with E-state index < -0.39 is 10.0 Å². The number of sulfonamides is 1. The fourth-order valence-electron chi connectivity index (χ4n) is 3.74. The van der Waals surface area contributed by atoms with E-state index in [4.69, 9.17) is 0 Å². The second-order valence-electron chi connectivity index (χ2n) is 7.88. The second-order valence-corrected chi connectivity index (χ2v) is 10.9. The Morgan fingerprint density at radius 1 is 1.13 bits per heavy atom. The molecule has 4 rings (SSSR count). The molecule has 1 fully saturated rings. The van der Waals surface area contributed by atoms with Gasteiger partial charge in [0.05, 0.1) is 11.1 Å². The van der Waals surface area contributed by atoms with Gasteiger partial charge in [-0.2, -0.15) is 0 Å². The van der Waals surface area contributed by atoms with E-state index in [0.29, 0.717) is 19.0 Å². The molecule has 0 aliphatic carbocycles. The highest BCUT2D eigenvalue weighted by molar-refractivity contribution is 7.88. The first-order chi connectivity index (χ1) is 14.4. The first-order valence-corrected chi connectivity index (χ1v) is 12.7. The molecule has 30 heavy (non-hydrogen) atoms. The zero-order valence-electron chi connectivity index (χ0n) is 17.2. The summed E-state index contributed by atoms with van der Waals surface area (Å²) < 4.78 is 24.9. The van der Waals surface area contributed by atoms with Crippen molar-refractivity contribution in [2.24, 2.45) is 5.92 Å². The highest BCUT2D eigenvalue weighted by atomic mass is 32.2. The molecular formula is C22H26N4O2S2. The minimum absolute atomic E-state index is 0.492. The molecule has 0 unspecified atom stereocenters. The maximum atomic E-state index is 11.7. The molecule has 0 radical (unpaired) electrons. The molecule has 1 saturated heterocycles. The van der Waals surface area contributed by atoms with Crippen LogP contribution in [0, 0.1) is 12.8 Å². The van der Waals surface area contributed by atoms with Gasteiger partial charge in [0, 0.05) is 25.5 Å². The summed E-state index contributed by atoms with van der Waals surface area (Å²) in [5.41, 5.74) is 3.61. The number of rotatable bonds is 6. The maximum Gasteiger partial charge on any atom is 0.211 e. The molecule has 1 N–H and O–H groups in total. The molecule has 3 heterocycles. The zero-order chi connectivity index (χ0) is 21.1. The van der Waals surface area contributed by atoms with Gasteiger partial charge in [-0.3, -0.25) is 0 Å². The minimum Gasteiger partial charge on any atom is -0.316 e. The lowest BCUT2D eigenvalue weighted by molar-refractivity contribution is 0.274. The Kier molecular flexibility index (Phi) is 6.17. The highest BCUT2D eigenvalue weighted by Crippen LogP contribution is 2.31. The predicted octanol–water partition coefficient (Wildman–Crippen LogP) is 4.47. The average Bonchev–Trinajstić information content (AvgIpc) is 3.17. The first-order valence-electron chi connectivity index (χ1n) is 10.1. The topological polar surface area (TPSA) is 75.2 Å². The van der Waals surface area contributed by atoms with Gasteiger partial charge in [0.25, 0.3) is 0 Å². The molecule has 1 aromatic carbocycles. The van der Waals surface area contributed by atoms with Crippen LogP contribution in [0.5, 0.6) is 0 Å². The van der Waals surface area contributed by atoms with Gasteiger partial charge < -0.3 is 5.32 Å². The normalized spacial score (nSPS) is 15.9. The number of aryl methyl sites for hydroxylation is 1. The van der Waals surface area contributed by atoms with Crippen molar-refractivity contribution in [3.8, 4) is 10.4 Å². The van der Waals surface area contributed by atoms with Crippen LogP contribution in [0.25, 0.3) is 10.4 Å². The molecule has 3 aromatic rings. The molecule has 1 aliphatic rings. The first kappa shape index (κ1) is 21.0. The Bertz CT molecular complexity index is 1100. The van der Waals surface area contributed by atoms with Crippen LogP contribution >= 0.6 is 11.3 Å². The summed E-state index contributed by atoms with van der Waals surface area (Å²) in [6.07, 6.45) is 7.71. The van der Waals surface area contributed by atoms with E-state index in [1.54, 1.807) is 15.6 Å². The number of aromatic nitrogens is 2. The van der Waals surface area contributed by atoms with E-state index in [0.717, 1.165) is 40.7 Å². The van der Waals surface area contributed by atoms with Crippen molar-refractivity contribution in [3.63, 3.8) is 0 Å². The van der Waals surface area contributed by atoms with Gasteiger partial charge in [0.15, 0.2) is 5.13 Å². The largest absolute Gasteiger partial charge is 0.316 e. The van der Waals surface area contributed by atoms with Crippen molar-refractivity contribution in [1.29, 1.82) is 0 Å². The van der Waals surface area contributed by atoms with E-state index in [-0.39, 0.29) is 0 Å². The van der Waals surface area contributed by atoms with E-state index in [1.165, 1.54) is 17.4 Å². The summed E-state index contributed by atoms with van der Waals surface area (Å²) >= 11 is 1.61. The summed E-state index contributed by atoms with van der Waals surface area (Å²) in [5, 5.41) is 4.14. The molecule has 8 heteroatoms. The van der Waals surface area contributed by atoms with Crippen LogP contribution in [0.2, 0.25) is 0 Å². The molecule has 0 saturated carbocycles. The Morgan fingerprint density at radius 2 is 1.87 bits per heavy atom. The van der Waals surface area contributed by atoms with Gasteiger partial charge in [0.1, 0.15) is 5.82 Å². The van der Waals surface area contributed by atoms with Gasteiger partial charge in [-0.1, -0.05) is 41.2 Å². The van der Waals surface area contributed by atoms with Crippen LogP contribution in [0.1, 0.15) is 24.0 Å². The molecule has 2 aromatic heterocycles. The molecule has 0 atom stereocenters. The van der Waals surface area contributed by atoms with Gasteiger partial charge >= 0.3 is 0 Å². The monoisotopic (exact) mass is 442 g/mol. The molecule has 0 spiro atoms. The fraction of sp³-hybridized carbons (Fsp3) is 0.364. The lowest BCUT2D eigenvalue weighted by Crippen LogP contribution is -2.38. The summed E-state index contributed by atoms with van der Waals surface area (Å²) in [6.45, 7) is 3.30. The van der Waals surface area contributed by atoms with Crippen LogP contribution in [-0.4, -0.2) is 42.0 Å². The fourth-order valence-corrected chi connectivity index (χ4v) is 5.44. The van der Waals surface area contributed by atoms with E-state index >= 15 is 0 Å². The number of hydrogen-bond donors (Lipinski definition) is 1. The third kappa shape index (κ3) is 5.24. The standard InChI is InChI=1S/C22H26N4O2S2/c1-16-3-5-19(6-4-16)20-15-24-22(29-20)25-21-14-18(7-10-23-21)13-17-8-11-26(12-9-17)30(2,27)28/h3-7,10,14-15,17H,8-9,11-13H2,1-2H3,(H,23,24,25). The van der Waals surface area contributed by atoms with E-state index in [2.05, 4.69) is 52.5 Å². The second kappa shape index (κ2) is 8.83. The number of benzene rings is 1. The quantitative estimate of drug-likeness (QED) is 0.610. The number of anilines is 2. The number of pyridine rings is 1. The molecule has 0 bridgehead atoms. The van der Waals surface area contributed by atoms with E-state index in [1.807, 2.05) is 18.5 Å². The maximum absolute atomic E-state index is 11.7. The van der Waals surface area contributed by atoms with Crippen LogP contribution in [0.15, 0.2) is 48.8 Å². The number of nitrogens with zero attached hydrogens (tertiary/aromatic N) is 3. The van der Waals surface area contributed by atoms with Crippen LogP contribution in [-0.2, 0) is 16.4 Å².